The molecule has 1 saturated carbocycles. The van der Waals surface area contributed by atoms with Crippen molar-refractivity contribution in [2.75, 3.05) is 0 Å². The van der Waals surface area contributed by atoms with Gasteiger partial charge in [-0.05, 0) is 42.9 Å². The summed E-state index contributed by atoms with van der Waals surface area (Å²) in [5.41, 5.74) is 0.0728. The molecular weight excluding hydrogens is 297 g/mol. The van der Waals surface area contributed by atoms with E-state index in [4.69, 9.17) is 0 Å². The Kier molecular flexibility index (Phi) is 5.39. The number of carboxylic acid groups (broad SMARTS) is 1. The molecule has 2 rings (SSSR count). The molecule has 1 aromatic carbocycles. The molecule has 0 saturated heterocycles. The number of rotatable bonds is 7. The Morgan fingerprint density at radius 1 is 1.26 bits per heavy atom. The molecule has 1 aliphatic rings. The van der Waals surface area contributed by atoms with Crippen LogP contribution in [-0.2, 0) is 16.0 Å². The molecule has 1 atom stereocenters. The average molecular weight is 321 g/mol. The van der Waals surface area contributed by atoms with E-state index < -0.39 is 11.4 Å². The molecule has 1 unspecified atom stereocenters. The van der Waals surface area contributed by atoms with E-state index in [9.17, 15) is 19.1 Å². The Hall–Kier alpha value is -1.91. The van der Waals surface area contributed by atoms with Crippen molar-refractivity contribution in [3.05, 3.63) is 35.6 Å². The number of carbonyl (C=O) groups is 2. The minimum absolute atomic E-state index is 0.0367. The third-order valence-electron chi connectivity index (χ3n) is 4.78. The highest BCUT2D eigenvalue weighted by molar-refractivity contribution is 5.85. The maximum Gasteiger partial charge on any atom is 0.310 e. The third kappa shape index (κ3) is 4.30. The van der Waals surface area contributed by atoms with Gasteiger partial charge in [-0.2, -0.15) is 0 Å². The van der Waals surface area contributed by atoms with Gasteiger partial charge in [0.2, 0.25) is 5.91 Å². The molecule has 5 heteroatoms. The Labute approximate surface area is 136 Å². The molecule has 0 radical (unpaired) electrons. The summed E-state index contributed by atoms with van der Waals surface area (Å²) in [4.78, 5) is 23.6. The van der Waals surface area contributed by atoms with Gasteiger partial charge in [0.25, 0.3) is 0 Å². The van der Waals surface area contributed by atoms with Crippen LogP contribution in [0.2, 0.25) is 0 Å². The van der Waals surface area contributed by atoms with Crippen molar-refractivity contribution in [2.24, 2.45) is 11.3 Å². The van der Waals surface area contributed by atoms with Gasteiger partial charge < -0.3 is 10.4 Å². The van der Waals surface area contributed by atoms with Crippen molar-refractivity contribution in [1.29, 1.82) is 0 Å². The molecule has 1 aromatic rings. The summed E-state index contributed by atoms with van der Waals surface area (Å²) in [6.45, 7) is 4.01. The van der Waals surface area contributed by atoms with Gasteiger partial charge in [-0.1, -0.05) is 32.4 Å². The lowest BCUT2D eigenvalue weighted by Gasteiger charge is -2.37. The van der Waals surface area contributed by atoms with Crippen LogP contribution in [0.4, 0.5) is 4.39 Å². The Morgan fingerprint density at radius 3 is 2.30 bits per heavy atom. The van der Waals surface area contributed by atoms with E-state index in [0.29, 0.717) is 19.3 Å². The highest BCUT2D eigenvalue weighted by Gasteiger charge is 2.46. The number of hydrogen-bond acceptors (Lipinski definition) is 2. The predicted octanol–water partition coefficient (Wildman–Crippen LogP) is 3.15. The van der Waals surface area contributed by atoms with Crippen LogP contribution in [0.25, 0.3) is 0 Å². The zero-order valence-corrected chi connectivity index (χ0v) is 13.6. The number of aliphatic carboxylic acids is 1. The SMILES string of the molecule is CC(C)C(Cc1ccc(F)cc1)NC(=O)CC1(C(=O)O)CCC1. The maximum atomic E-state index is 13.0. The highest BCUT2D eigenvalue weighted by atomic mass is 19.1. The van der Waals surface area contributed by atoms with Crippen LogP contribution < -0.4 is 5.32 Å². The van der Waals surface area contributed by atoms with E-state index in [0.717, 1.165) is 12.0 Å². The van der Waals surface area contributed by atoms with Crippen molar-refractivity contribution in [2.45, 2.75) is 52.0 Å². The molecule has 1 amide bonds. The fraction of sp³-hybridized carbons (Fsp3) is 0.556. The monoisotopic (exact) mass is 321 g/mol. The number of amides is 1. The predicted molar refractivity (Wildman–Crippen MR) is 85.4 cm³/mol. The first kappa shape index (κ1) is 17.4. The van der Waals surface area contributed by atoms with Gasteiger partial charge in [0.15, 0.2) is 0 Å². The summed E-state index contributed by atoms with van der Waals surface area (Å²) < 4.78 is 13.0. The molecule has 2 N–H and O–H groups in total. The summed E-state index contributed by atoms with van der Waals surface area (Å²) in [6.07, 6.45) is 2.64. The molecule has 0 spiro atoms. The summed E-state index contributed by atoms with van der Waals surface area (Å²) in [5.74, 6) is -1.18. The van der Waals surface area contributed by atoms with Crippen LogP contribution in [0.5, 0.6) is 0 Å². The summed E-state index contributed by atoms with van der Waals surface area (Å²) in [7, 11) is 0. The number of carboxylic acids is 1. The minimum atomic E-state index is -0.876. The molecule has 0 heterocycles. The van der Waals surface area contributed by atoms with Crippen LogP contribution in [0.3, 0.4) is 0 Å². The normalized spacial score (nSPS) is 17.4. The zero-order valence-electron chi connectivity index (χ0n) is 13.6. The van der Waals surface area contributed by atoms with Crippen LogP contribution in [-0.4, -0.2) is 23.0 Å². The number of halogens is 1. The molecule has 23 heavy (non-hydrogen) atoms. The number of hydrogen-bond donors (Lipinski definition) is 2. The van der Waals surface area contributed by atoms with E-state index in [1.165, 1.54) is 12.1 Å². The van der Waals surface area contributed by atoms with Crippen molar-refractivity contribution in [1.82, 2.24) is 5.32 Å². The molecule has 1 fully saturated rings. The second kappa shape index (κ2) is 7.11. The van der Waals surface area contributed by atoms with Gasteiger partial charge in [-0.15, -0.1) is 0 Å². The molecule has 0 bridgehead atoms. The van der Waals surface area contributed by atoms with Crippen molar-refractivity contribution < 1.29 is 19.1 Å². The van der Waals surface area contributed by atoms with E-state index in [-0.39, 0.29) is 30.1 Å². The van der Waals surface area contributed by atoms with E-state index in [1.807, 2.05) is 13.8 Å². The Morgan fingerprint density at radius 2 is 1.87 bits per heavy atom. The molecule has 0 aromatic heterocycles. The second-order valence-corrected chi connectivity index (χ2v) is 6.86. The number of benzene rings is 1. The largest absolute Gasteiger partial charge is 0.481 e. The fourth-order valence-electron chi connectivity index (χ4n) is 2.96. The highest BCUT2D eigenvalue weighted by Crippen LogP contribution is 2.44. The van der Waals surface area contributed by atoms with Crippen LogP contribution in [0.15, 0.2) is 24.3 Å². The number of nitrogens with one attached hydrogen (secondary N) is 1. The zero-order chi connectivity index (χ0) is 17.0. The van der Waals surface area contributed by atoms with Gasteiger partial charge in [0.05, 0.1) is 5.41 Å². The lowest BCUT2D eigenvalue weighted by molar-refractivity contribution is -0.157. The van der Waals surface area contributed by atoms with Gasteiger partial charge in [0.1, 0.15) is 5.82 Å². The lowest BCUT2D eigenvalue weighted by atomic mass is 9.66. The maximum absolute atomic E-state index is 13.0. The van der Waals surface area contributed by atoms with Crippen molar-refractivity contribution in [3.63, 3.8) is 0 Å². The molecule has 4 nitrogen and oxygen atoms in total. The van der Waals surface area contributed by atoms with E-state index >= 15 is 0 Å². The first-order chi connectivity index (χ1) is 10.8. The molecular formula is C18H24FNO3. The van der Waals surface area contributed by atoms with E-state index in [2.05, 4.69) is 5.32 Å². The topological polar surface area (TPSA) is 66.4 Å². The van der Waals surface area contributed by atoms with Crippen LogP contribution in [0.1, 0.15) is 45.1 Å². The molecule has 1 aliphatic carbocycles. The average Bonchev–Trinajstić information content (AvgIpc) is 2.44. The Bertz CT molecular complexity index is 564. The van der Waals surface area contributed by atoms with Gasteiger partial charge in [-0.25, -0.2) is 4.39 Å². The summed E-state index contributed by atoms with van der Waals surface area (Å²) in [5, 5.41) is 12.3. The molecule has 0 aliphatic heterocycles. The second-order valence-electron chi connectivity index (χ2n) is 6.86. The van der Waals surface area contributed by atoms with Crippen LogP contribution >= 0.6 is 0 Å². The van der Waals surface area contributed by atoms with Gasteiger partial charge >= 0.3 is 5.97 Å². The first-order valence-electron chi connectivity index (χ1n) is 8.09. The fourth-order valence-corrected chi connectivity index (χ4v) is 2.96. The van der Waals surface area contributed by atoms with E-state index in [1.54, 1.807) is 12.1 Å². The van der Waals surface area contributed by atoms with Crippen LogP contribution in [0, 0.1) is 17.2 Å². The minimum Gasteiger partial charge on any atom is -0.481 e. The molecule has 126 valence electrons. The van der Waals surface area contributed by atoms with Crippen molar-refractivity contribution >= 4 is 11.9 Å². The quantitative estimate of drug-likeness (QED) is 0.811. The smallest absolute Gasteiger partial charge is 0.310 e. The van der Waals surface area contributed by atoms with Gasteiger partial charge in [-0.3, -0.25) is 9.59 Å². The third-order valence-corrected chi connectivity index (χ3v) is 4.78. The Balaban J connectivity index is 1.97. The lowest BCUT2D eigenvalue weighted by Crippen LogP contribution is -2.46. The number of carbonyl (C=O) groups excluding carboxylic acids is 1. The summed E-state index contributed by atoms with van der Waals surface area (Å²) >= 11 is 0. The van der Waals surface area contributed by atoms with Crippen molar-refractivity contribution in [3.8, 4) is 0 Å². The standard InChI is InChI=1S/C18H24FNO3/c1-12(2)15(10-13-4-6-14(19)7-5-13)20-16(21)11-18(17(22)23)8-3-9-18/h4-7,12,15H,3,8-11H2,1-2H3,(H,20,21)(H,22,23). The van der Waals surface area contributed by atoms with Gasteiger partial charge in [0, 0.05) is 12.5 Å². The summed E-state index contributed by atoms with van der Waals surface area (Å²) in [6, 6.07) is 6.13. The first-order valence-corrected chi connectivity index (χ1v) is 8.09.